The van der Waals surface area contributed by atoms with Crippen molar-refractivity contribution in [1.82, 2.24) is 0 Å². The van der Waals surface area contributed by atoms with Crippen molar-refractivity contribution in [2.45, 2.75) is 12.8 Å². The highest BCUT2D eigenvalue weighted by Gasteiger charge is 2.42. The molecule has 0 N–H and O–H groups in total. The molecule has 0 saturated heterocycles. The monoisotopic (exact) mass is 290 g/mol. The lowest BCUT2D eigenvalue weighted by Crippen LogP contribution is -2.28. The van der Waals surface area contributed by atoms with Crippen molar-refractivity contribution in [3.8, 4) is 0 Å². The van der Waals surface area contributed by atoms with Gasteiger partial charge in [0, 0.05) is 16.3 Å². The maximum Gasteiger partial charge on any atom is 0.381 e. The SMILES string of the molecule is CCOC(=O)C(F)(F)c1ccc2oc3ccccc3c2c1. The van der Waals surface area contributed by atoms with Crippen LogP contribution in [0, 0.1) is 0 Å². The Bertz CT molecular complexity index is 821. The Kier molecular flexibility index (Phi) is 3.12. The molecule has 1 heterocycles. The van der Waals surface area contributed by atoms with Gasteiger partial charge in [-0.3, -0.25) is 0 Å². The second-order valence-corrected chi connectivity index (χ2v) is 4.60. The van der Waals surface area contributed by atoms with E-state index in [9.17, 15) is 13.6 Å². The molecule has 0 aliphatic rings. The van der Waals surface area contributed by atoms with Gasteiger partial charge in [-0.1, -0.05) is 18.2 Å². The fourth-order valence-electron chi connectivity index (χ4n) is 2.26. The van der Waals surface area contributed by atoms with Crippen LogP contribution in [-0.4, -0.2) is 12.6 Å². The minimum Gasteiger partial charge on any atom is -0.461 e. The number of hydrogen-bond acceptors (Lipinski definition) is 3. The van der Waals surface area contributed by atoms with Crippen LogP contribution < -0.4 is 0 Å². The molecule has 1 aromatic heterocycles. The maximum atomic E-state index is 14.1. The van der Waals surface area contributed by atoms with Crippen LogP contribution >= 0.6 is 0 Å². The predicted molar refractivity (Wildman–Crippen MR) is 74.2 cm³/mol. The Morgan fingerprint density at radius 1 is 1.14 bits per heavy atom. The van der Waals surface area contributed by atoms with E-state index >= 15 is 0 Å². The number of alkyl halides is 2. The number of rotatable bonds is 3. The fourth-order valence-corrected chi connectivity index (χ4v) is 2.26. The zero-order chi connectivity index (χ0) is 15.0. The minimum absolute atomic E-state index is 0.0920. The van der Waals surface area contributed by atoms with E-state index in [2.05, 4.69) is 4.74 Å². The first-order valence-corrected chi connectivity index (χ1v) is 6.51. The molecular weight excluding hydrogens is 278 g/mol. The summed E-state index contributed by atoms with van der Waals surface area (Å²) in [4.78, 5) is 11.4. The van der Waals surface area contributed by atoms with Gasteiger partial charge in [0.25, 0.3) is 0 Å². The number of furan rings is 1. The molecule has 3 aromatic rings. The number of hydrogen-bond donors (Lipinski definition) is 0. The number of carbonyl (C=O) groups is 1. The highest BCUT2D eigenvalue weighted by molar-refractivity contribution is 6.05. The largest absolute Gasteiger partial charge is 0.461 e. The molecule has 0 bridgehead atoms. The molecule has 0 amide bonds. The second-order valence-electron chi connectivity index (χ2n) is 4.60. The number of esters is 1. The van der Waals surface area contributed by atoms with Gasteiger partial charge in [-0.25, -0.2) is 4.79 Å². The molecule has 0 aliphatic carbocycles. The molecule has 0 saturated carbocycles. The lowest BCUT2D eigenvalue weighted by Gasteiger charge is -2.14. The molecule has 3 rings (SSSR count). The average Bonchev–Trinajstić information content (AvgIpc) is 2.85. The second kappa shape index (κ2) is 4.84. The van der Waals surface area contributed by atoms with Crippen molar-refractivity contribution in [2.75, 3.05) is 6.61 Å². The molecular formula is C16H12F2O3. The smallest absolute Gasteiger partial charge is 0.381 e. The van der Waals surface area contributed by atoms with E-state index < -0.39 is 17.5 Å². The molecule has 0 atom stereocenters. The van der Waals surface area contributed by atoms with Crippen molar-refractivity contribution in [2.24, 2.45) is 0 Å². The van der Waals surface area contributed by atoms with Crippen molar-refractivity contribution in [3.05, 3.63) is 48.0 Å². The number of halogens is 2. The average molecular weight is 290 g/mol. The van der Waals surface area contributed by atoms with Crippen LogP contribution in [-0.2, 0) is 15.5 Å². The summed E-state index contributed by atoms with van der Waals surface area (Å²) in [6, 6.07) is 11.1. The zero-order valence-corrected chi connectivity index (χ0v) is 11.2. The van der Waals surface area contributed by atoms with Crippen molar-refractivity contribution < 1.29 is 22.7 Å². The molecule has 0 unspecified atom stereocenters. The molecule has 108 valence electrons. The molecule has 0 radical (unpaired) electrons. The third-order valence-electron chi connectivity index (χ3n) is 3.27. The van der Waals surface area contributed by atoms with Gasteiger partial charge in [-0.15, -0.1) is 0 Å². The van der Waals surface area contributed by atoms with E-state index in [0.29, 0.717) is 16.6 Å². The number of fused-ring (bicyclic) bond motifs is 3. The molecule has 3 nitrogen and oxygen atoms in total. The van der Waals surface area contributed by atoms with Crippen molar-refractivity contribution in [1.29, 1.82) is 0 Å². The summed E-state index contributed by atoms with van der Waals surface area (Å²) in [6.45, 7) is 1.39. The van der Waals surface area contributed by atoms with Gasteiger partial charge in [0.15, 0.2) is 0 Å². The highest BCUT2D eigenvalue weighted by Crippen LogP contribution is 2.35. The molecule has 21 heavy (non-hydrogen) atoms. The summed E-state index contributed by atoms with van der Waals surface area (Å²) >= 11 is 0. The number of benzene rings is 2. The van der Waals surface area contributed by atoms with Crippen LogP contribution in [0.2, 0.25) is 0 Å². The molecule has 0 spiro atoms. The lowest BCUT2D eigenvalue weighted by molar-refractivity contribution is -0.173. The van der Waals surface area contributed by atoms with Gasteiger partial charge in [0.05, 0.1) is 6.61 Å². The Hall–Kier alpha value is -2.43. The van der Waals surface area contributed by atoms with E-state index in [1.54, 1.807) is 24.3 Å². The summed E-state index contributed by atoms with van der Waals surface area (Å²) in [5.41, 5.74) is 0.712. The van der Waals surface area contributed by atoms with Gasteiger partial charge in [0.2, 0.25) is 0 Å². The Balaban J connectivity index is 2.16. The molecule has 2 aromatic carbocycles. The summed E-state index contributed by atoms with van der Waals surface area (Å²) < 4.78 is 38.1. The van der Waals surface area contributed by atoms with E-state index in [1.807, 2.05) is 0 Å². The standard InChI is InChI=1S/C16H12F2O3/c1-2-20-15(19)16(17,18)10-7-8-14-12(9-10)11-5-3-4-6-13(11)21-14/h3-9H,2H2,1H3. The van der Waals surface area contributed by atoms with E-state index in [-0.39, 0.29) is 6.61 Å². The first-order chi connectivity index (χ1) is 10.0. The summed E-state index contributed by atoms with van der Waals surface area (Å²) in [5.74, 6) is -5.22. The third-order valence-corrected chi connectivity index (χ3v) is 3.27. The first-order valence-electron chi connectivity index (χ1n) is 6.51. The maximum absolute atomic E-state index is 14.1. The number of carbonyl (C=O) groups excluding carboxylic acids is 1. The Morgan fingerprint density at radius 3 is 2.62 bits per heavy atom. The molecule has 0 fully saturated rings. The van der Waals surface area contributed by atoms with Gasteiger partial charge < -0.3 is 9.15 Å². The van der Waals surface area contributed by atoms with Gasteiger partial charge in [-0.05, 0) is 31.2 Å². The summed E-state index contributed by atoms with van der Waals surface area (Å²) in [5, 5.41) is 1.28. The van der Waals surface area contributed by atoms with E-state index in [4.69, 9.17) is 4.42 Å². The lowest BCUT2D eigenvalue weighted by atomic mass is 10.0. The van der Waals surface area contributed by atoms with Crippen LogP contribution in [0.4, 0.5) is 8.78 Å². The quantitative estimate of drug-likeness (QED) is 0.677. The summed E-state index contributed by atoms with van der Waals surface area (Å²) in [6.07, 6.45) is 0. The van der Waals surface area contributed by atoms with Crippen molar-refractivity contribution >= 4 is 27.9 Å². The Morgan fingerprint density at radius 2 is 1.86 bits per heavy atom. The van der Waals surface area contributed by atoms with Crippen LogP contribution in [0.25, 0.3) is 21.9 Å². The highest BCUT2D eigenvalue weighted by atomic mass is 19.3. The zero-order valence-electron chi connectivity index (χ0n) is 11.2. The topological polar surface area (TPSA) is 39.4 Å². The van der Waals surface area contributed by atoms with Gasteiger partial charge in [0.1, 0.15) is 11.2 Å². The molecule has 5 heteroatoms. The minimum atomic E-state index is -3.68. The third kappa shape index (κ3) is 2.14. The number of ether oxygens (including phenoxy) is 1. The van der Waals surface area contributed by atoms with Crippen LogP contribution in [0.3, 0.4) is 0 Å². The molecule has 0 aliphatic heterocycles. The normalized spacial score (nSPS) is 12.0. The van der Waals surface area contributed by atoms with Gasteiger partial charge >= 0.3 is 11.9 Å². The van der Waals surface area contributed by atoms with Crippen LogP contribution in [0.1, 0.15) is 12.5 Å². The van der Waals surface area contributed by atoms with E-state index in [0.717, 1.165) is 5.39 Å². The summed E-state index contributed by atoms with van der Waals surface area (Å²) in [7, 11) is 0. The van der Waals surface area contributed by atoms with Gasteiger partial charge in [-0.2, -0.15) is 8.78 Å². The fraction of sp³-hybridized carbons (Fsp3) is 0.188. The Labute approximate surface area is 119 Å². The van der Waals surface area contributed by atoms with Crippen molar-refractivity contribution in [3.63, 3.8) is 0 Å². The van der Waals surface area contributed by atoms with Crippen LogP contribution in [0.15, 0.2) is 46.9 Å². The first kappa shape index (κ1) is 13.5. The van der Waals surface area contributed by atoms with E-state index in [1.165, 1.54) is 25.1 Å². The van der Waals surface area contributed by atoms with Crippen LogP contribution in [0.5, 0.6) is 0 Å². The predicted octanol–water partition coefficient (Wildman–Crippen LogP) is 4.24. The number of para-hydroxylation sites is 1.